The molecule has 2 fully saturated rings. The van der Waals surface area contributed by atoms with Crippen molar-refractivity contribution in [1.82, 2.24) is 25.2 Å². The topological polar surface area (TPSA) is 142 Å². The van der Waals surface area contributed by atoms with Crippen LogP contribution in [-0.4, -0.2) is 98.9 Å². The van der Waals surface area contributed by atoms with Gasteiger partial charge in [-0.15, -0.1) is 0 Å². The molecule has 2 aromatic carbocycles. The van der Waals surface area contributed by atoms with Gasteiger partial charge in [-0.25, -0.2) is 31.3 Å². The Balaban J connectivity index is 0.000000246. The number of rotatable bonds is 4. The Bertz CT molecular complexity index is 1810. The normalized spacial score (nSPS) is 17.9. The number of thioether (sulfide) groups is 1. The van der Waals surface area contributed by atoms with Crippen molar-refractivity contribution in [3.05, 3.63) is 106 Å². The first-order valence-electron chi connectivity index (χ1n) is 19.4. The molecule has 2 saturated heterocycles. The zero-order valence-corrected chi connectivity index (χ0v) is 37.5. The Morgan fingerprint density at radius 2 is 1.10 bits per heavy atom. The van der Waals surface area contributed by atoms with Crippen molar-refractivity contribution in [2.24, 2.45) is 15.9 Å². The number of nitrogens with one attached hydrogen (secondary N) is 1. The minimum Gasteiger partial charge on any atom is -0.352 e. The van der Waals surface area contributed by atoms with Crippen molar-refractivity contribution in [2.75, 3.05) is 55.3 Å². The van der Waals surface area contributed by atoms with Crippen LogP contribution in [0, 0.1) is 0 Å². The maximum Gasteiger partial charge on any atom is 0.223 e. The number of aromatic nitrogens is 2. The van der Waals surface area contributed by atoms with Gasteiger partial charge in [0.1, 0.15) is 11.6 Å². The fourth-order valence-electron chi connectivity index (χ4n) is 6.80. The highest BCUT2D eigenvalue weighted by atomic mass is 35.5. The molecule has 2 aliphatic heterocycles. The lowest BCUT2D eigenvalue weighted by atomic mass is 9.87. The van der Waals surface area contributed by atoms with Crippen molar-refractivity contribution >= 4 is 69.1 Å². The number of hydrogen-bond donors (Lipinski definition) is 4. The predicted molar refractivity (Wildman–Crippen MR) is 244 cm³/mol. The van der Waals surface area contributed by atoms with Gasteiger partial charge in [0, 0.05) is 63.7 Å². The first-order chi connectivity index (χ1) is 27.6. The van der Waals surface area contributed by atoms with Gasteiger partial charge in [0.15, 0.2) is 5.17 Å². The van der Waals surface area contributed by atoms with Crippen LogP contribution in [0.25, 0.3) is 0 Å². The number of hydrogen-bond acceptors (Lipinski definition) is 10. The Kier molecular flexibility index (Phi) is 17.1. The molecule has 2 aliphatic rings. The van der Waals surface area contributed by atoms with Crippen LogP contribution < -0.4 is 21.2 Å². The molecular weight excluding hydrogens is 792 g/mol. The Morgan fingerprint density at radius 1 is 0.690 bits per heavy atom. The second-order valence-electron chi connectivity index (χ2n) is 16.3. The molecule has 314 valence electrons. The first-order valence-corrected chi connectivity index (χ1v) is 21.4. The Morgan fingerprint density at radius 3 is 1.47 bits per heavy atom. The number of nitrogens with two attached hydrogens (primary N) is 1. The van der Waals surface area contributed by atoms with E-state index in [1.165, 1.54) is 11.1 Å². The summed E-state index contributed by atoms with van der Waals surface area (Å²) in [7, 11) is 0. The molecule has 2 atom stereocenters. The lowest BCUT2D eigenvalue weighted by Gasteiger charge is -2.41. The number of halogens is 2. The summed E-state index contributed by atoms with van der Waals surface area (Å²) in [5.41, 5.74) is 6.90. The summed E-state index contributed by atoms with van der Waals surface area (Å²) in [6.07, 6.45) is 5.65. The monoisotopic (exact) mass is 850 g/mol. The van der Waals surface area contributed by atoms with Gasteiger partial charge in [0.25, 0.3) is 0 Å². The van der Waals surface area contributed by atoms with E-state index >= 15 is 0 Å². The number of guanidine groups is 1. The van der Waals surface area contributed by atoms with Gasteiger partial charge in [0.05, 0.1) is 21.4 Å². The molecule has 0 amide bonds. The number of aliphatic imine (C=N–C) groups is 2. The van der Waals surface area contributed by atoms with Crippen LogP contribution in [0.4, 0.5) is 23.0 Å². The minimum atomic E-state index is 0.0951. The van der Waals surface area contributed by atoms with Gasteiger partial charge >= 0.3 is 0 Å². The molecule has 0 aliphatic carbocycles. The van der Waals surface area contributed by atoms with Gasteiger partial charge in [-0.2, -0.15) is 0 Å². The molecule has 0 unspecified atom stereocenters. The largest absolute Gasteiger partial charge is 0.352 e. The van der Waals surface area contributed by atoms with Crippen LogP contribution in [-0.2, 0) is 10.8 Å². The zero-order chi connectivity index (χ0) is 42.6. The molecule has 15 heteroatoms. The summed E-state index contributed by atoms with van der Waals surface area (Å²) in [5.74, 6) is 5.61. The predicted octanol–water partition coefficient (Wildman–Crippen LogP) is 9.14. The molecule has 4 aromatic rings. The van der Waals surface area contributed by atoms with Crippen LogP contribution in [0.1, 0.15) is 66.5 Å². The standard InChI is InChI=1S/C22H29ClN4S.C21H28ClN5O.H3NO/c1-16-15-26(20-19(23)7-6-12-24-20)13-14-27(16)21(28-5)25-18-10-8-17(9-11-18)22(2,3)4;1-15-14-26(19-18(22)6-5-11-23-19)12-13-27(15)20(25-28)24-17-9-7-16(8-10-17)21(2,3)4;1-2/h6-12,16H,13-15H2,1-5H3;5-11,15,28H,12-14H2,1-4H3,(H,24,25);2H,1H2/t16-;15-;/m11./s1. The SMILES string of the molecule is CSC(=Nc1ccc(C(C)(C)C)cc1)N1CCN(c2ncccc2Cl)C[C@H]1C.C[C@@H]1CN(c2ncccc2Cl)CCN1C(=Nc1ccc(C(C)(C)C)cc1)NO.NO. The van der Waals surface area contributed by atoms with Gasteiger partial charge in [-0.05, 0) is 90.6 Å². The molecule has 5 N–H and O–H groups in total. The van der Waals surface area contributed by atoms with E-state index in [-0.39, 0.29) is 16.9 Å². The molecule has 0 radical (unpaired) electrons. The first kappa shape index (κ1) is 46.6. The molecule has 0 saturated carbocycles. The van der Waals surface area contributed by atoms with Crippen LogP contribution in [0.15, 0.2) is 95.2 Å². The fraction of sp³-hybridized carbons (Fsp3) is 0.442. The second-order valence-corrected chi connectivity index (χ2v) is 17.9. The van der Waals surface area contributed by atoms with Gasteiger partial charge in [0.2, 0.25) is 5.96 Å². The van der Waals surface area contributed by atoms with E-state index in [0.717, 1.165) is 60.9 Å². The van der Waals surface area contributed by atoms with Crippen LogP contribution in [0.5, 0.6) is 0 Å². The average Bonchev–Trinajstić information content (AvgIpc) is 3.20. The number of benzene rings is 2. The number of pyridine rings is 2. The van der Waals surface area contributed by atoms with Crippen molar-refractivity contribution in [3.8, 4) is 0 Å². The summed E-state index contributed by atoms with van der Waals surface area (Å²) in [4.78, 5) is 27.3. The number of hydroxylamine groups is 1. The third-order valence-corrected chi connectivity index (χ3v) is 11.3. The third kappa shape index (κ3) is 12.5. The molecule has 0 spiro atoms. The van der Waals surface area contributed by atoms with E-state index in [2.05, 4.69) is 144 Å². The average molecular weight is 852 g/mol. The van der Waals surface area contributed by atoms with E-state index < -0.39 is 0 Å². The summed E-state index contributed by atoms with van der Waals surface area (Å²) >= 11 is 14.3. The summed E-state index contributed by atoms with van der Waals surface area (Å²) in [5, 5.41) is 18.6. The van der Waals surface area contributed by atoms with Crippen molar-refractivity contribution in [1.29, 1.82) is 0 Å². The van der Waals surface area contributed by atoms with E-state index in [1.807, 2.05) is 36.4 Å². The third-order valence-electron chi connectivity index (χ3n) is 10.1. The van der Waals surface area contributed by atoms with Gasteiger partial charge in [-0.3, -0.25) is 5.21 Å². The number of anilines is 2. The van der Waals surface area contributed by atoms with E-state index in [1.54, 1.807) is 24.2 Å². The number of nitrogens with zero attached hydrogens (tertiary/aromatic N) is 8. The van der Waals surface area contributed by atoms with Crippen molar-refractivity contribution in [2.45, 2.75) is 78.3 Å². The zero-order valence-electron chi connectivity index (χ0n) is 35.2. The highest BCUT2D eigenvalue weighted by molar-refractivity contribution is 8.13. The molecule has 12 nitrogen and oxygen atoms in total. The quantitative estimate of drug-likeness (QED) is 0.0888. The maximum absolute atomic E-state index is 9.70. The van der Waals surface area contributed by atoms with Crippen LogP contribution >= 0.6 is 35.0 Å². The molecular formula is C43H60Cl2N10O2S. The molecule has 0 bridgehead atoms. The maximum atomic E-state index is 9.70. The van der Waals surface area contributed by atoms with Crippen molar-refractivity contribution < 1.29 is 10.4 Å². The Labute approximate surface area is 359 Å². The lowest BCUT2D eigenvalue weighted by Crippen LogP contribution is -2.57. The molecule has 6 rings (SSSR count). The number of piperazine rings is 2. The lowest BCUT2D eigenvalue weighted by molar-refractivity contribution is 0.192. The fourth-order valence-corrected chi connectivity index (χ4v) is 7.99. The van der Waals surface area contributed by atoms with Gasteiger partial charge in [-0.1, -0.05) is 101 Å². The van der Waals surface area contributed by atoms with E-state index in [4.69, 9.17) is 33.4 Å². The van der Waals surface area contributed by atoms with Gasteiger partial charge < -0.3 is 24.8 Å². The molecule has 2 aromatic heterocycles. The highest BCUT2D eigenvalue weighted by Crippen LogP contribution is 2.30. The second kappa shape index (κ2) is 21.2. The Hall–Kier alpha value is -4.11. The minimum absolute atomic E-state index is 0.0951. The van der Waals surface area contributed by atoms with E-state index in [9.17, 15) is 5.21 Å². The summed E-state index contributed by atoms with van der Waals surface area (Å²) in [6.45, 7) is 22.4. The summed E-state index contributed by atoms with van der Waals surface area (Å²) < 4.78 is 0. The smallest absolute Gasteiger partial charge is 0.223 e. The van der Waals surface area contributed by atoms with Crippen LogP contribution in [0.3, 0.4) is 0 Å². The highest BCUT2D eigenvalue weighted by Gasteiger charge is 2.29. The molecule has 58 heavy (non-hydrogen) atoms. The molecule has 4 heterocycles. The van der Waals surface area contributed by atoms with Crippen molar-refractivity contribution in [3.63, 3.8) is 0 Å². The number of amidine groups is 1. The van der Waals surface area contributed by atoms with E-state index in [0.29, 0.717) is 28.6 Å². The van der Waals surface area contributed by atoms with Crippen LogP contribution in [0.2, 0.25) is 10.0 Å². The summed E-state index contributed by atoms with van der Waals surface area (Å²) in [6, 6.07) is 24.6.